The molecule has 6 nitrogen and oxygen atoms in total. The molecule has 0 atom stereocenters. The molecular formula is C23H27N3O3S. The lowest BCUT2D eigenvalue weighted by molar-refractivity contribution is -0.130. The summed E-state index contributed by atoms with van der Waals surface area (Å²) in [6, 6.07) is 16.4. The fraction of sp³-hybridized carbons (Fsp3) is 0.391. The van der Waals surface area contributed by atoms with Crippen molar-refractivity contribution in [2.75, 3.05) is 31.9 Å². The van der Waals surface area contributed by atoms with E-state index in [2.05, 4.69) is 11.0 Å². The Morgan fingerprint density at radius 2 is 1.70 bits per heavy atom. The third-order valence-electron chi connectivity index (χ3n) is 5.40. The van der Waals surface area contributed by atoms with Crippen LogP contribution in [0.5, 0.6) is 0 Å². The highest BCUT2D eigenvalue weighted by molar-refractivity contribution is 7.91. The third-order valence-corrected chi connectivity index (χ3v) is 7.13. The van der Waals surface area contributed by atoms with E-state index >= 15 is 0 Å². The largest absolute Gasteiger partial charge is 0.341 e. The fourth-order valence-corrected chi connectivity index (χ4v) is 4.79. The molecule has 1 saturated heterocycles. The minimum Gasteiger partial charge on any atom is -0.341 e. The van der Waals surface area contributed by atoms with E-state index in [0.717, 1.165) is 37.2 Å². The van der Waals surface area contributed by atoms with Gasteiger partial charge in [0, 0.05) is 39.1 Å². The summed E-state index contributed by atoms with van der Waals surface area (Å²) in [5, 5.41) is 8.90. The third kappa shape index (κ3) is 5.91. The van der Waals surface area contributed by atoms with Crippen LogP contribution < -0.4 is 0 Å². The summed E-state index contributed by atoms with van der Waals surface area (Å²) in [4.78, 5) is 17.0. The molecule has 1 aliphatic heterocycles. The van der Waals surface area contributed by atoms with Gasteiger partial charge in [-0.1, -0.05) is 29.8 Å². The highest BCUT2D eigenvalue weighted by Gasteiger charge is 2.22. The van der Waals surface area contributed by atoms with Crippen LogP contribution in [0.1, 0.15) is 29.5 Å². The Morgan fingerprint density at radius 1 is 1.00 bits per heavy atom. The highest BCUT2D eigenvalue weighted by Crippen LogP contribution is 2.15. The summed E-state index contributed by atoms with van der Waals surface area (Å²) in [7, 11) is -3.46. The average Bonchev–Trinajstić information content (AvgIpc) is 2.98. The minimum atomic E-state index is -3.46. The van der Waals surface area contributed by atoms with Gasteiger partial charge in [-0.3, -0.25) is 9.69 Å². The van der Waals surface area contributed by atoms with E-state index in [-0.39, 0.29) is 23.0 Å². The number of nitrogens with zero attached hydrogens (tertiary/aromatic N) is 3. The lowest BCUT2D eigenvalue weighted by Crippen LogP contribution is -2.35. The number of rotatable bonds is 6. The van der Waals surface area contributed by atoms with Crippen molar-refractivity contribution < 1.29 is 13.2 Å². The number of hydrogen-bond acceptors (Lipinski definition) is 5. The molecule has 30 heavy (non-hydrogen) atoms. The Labute approximate surface area is 178 Å². The van der Waals surface area contributed by atoms with E-state index in [1.54, 1.807) is 29.2 Å². The summed E-state index contributed by atoms with van der Waals surface area (Å²) in [5.74, 6) is -0.272. The molecule has 0 radical (unpaired) electrons. The van der Waals surface area contributed by atoms with Crippen LogP contribution in [0.3, 0.4) is 0 Å². The van der Waals surface area contributed by atoms with Crippen LogP contribution in [0.15, 0.2) is 53.4 Å². The van der Waals surface area contributed by atoms with Gasteiger partial charge in [0.2, 0.25) is 5.91 Å². The Hall–Kier alpha value is -2.69. The van der Waals surface area contributed by atoms with Gasteiger partial charge in [-0.05, 0) is 43.2 Å². The summed E-state index contributed by atoms with van der Waals surface area (Å²) in [6.45, 7) is 5.55. The zero-order chi connectivity index (χ0) is 21.6. The maximum Gasteiger partial charge on any atom is 0.223 e. The molecule has 0 aliphatic carbocycles. The number of hydrogen-bond donors (Lipinski definition) is 0. The molecule has 0 bridgehead atoms. The van der Waals surface area contributed by atoms with Gasteiger partial charge in [0.05, 0.1) is 22.3 Å². The summed E-state index contributed by atoms with van der Waals surface area (Å²) in [6.07, 6.45) is 0.860. The first kappa shape index (κ1) is 22.0. The van der Waals surface area contributed by atoms with E-state index in [1.807, 2.05) is 31.2 Å². The summed E-state index contributed by atoms with van der Waals surface area (Å²) in [5.41, 5.74) is 2.78. The standard InChI is InChI=1S/C23H27N3O3S/c1-19-3-9-22(10-4-19)30(28,29)16-11-23(27)26-13-2-12-25(14-15-26)18-21-7-5-20(17-24)6-8-21/h3-10H,2,11-16,18H2,1H3. The quantitative estimate of drug-likeness (QED) is 0.711. The normalized spacial score (nSPS) is 15.4. The summed E-state index contributed by atoms with van der Waals surface area (Å²) >= 11 is 0. The average molecular weight is 426 g/mol. The van der Waals surface area contributed by atoms with Crippen LogP contribution >= 0.6 is 0 Å². The van der Waals surface area contributed by atoms with Crippen molar-refractivity contribution in [3.8, 4) is 6.07 Å². The predicted molar refractivity (Wildman–Crippen MR) is 115 cm³/mol. The lowest BCUT2D eigenvalue weighted by atomic mass is 10.1. The molecule has 1 aliphatic rings. The molecule has 3 rings (SSSR count). The second-order valence-corrected chi connectivity index (χ2v) is 9.81. The number of carbonyl (C=O) groups is 1. The van der Waals surface area contributed by atoms with E-state index < -0.39 is 9.84 Å². The van der Waals surface area contributed by atoms with Gasteiger partial charge in [-0.2, -0.15) is 5.26 Å². The highest BCUT2D eigenvalue weighted by atomic mass is 32.2. The monoisotopic (exact) mass is 425 g/mol. The molecule has 7 heteroatoms. The Balaban J connectivity index is 1.51. The van der Waals surface area contributed by atoms with Crippen molar-refractivity contribution in [3.63, 3.8) is 0 Å². The van der Waals surface area contributed by atoms with Crippen molar-refractivity contribution in [2.24, 2.45) is 0 Å². The fourth-order valence-electron chi connectivity index (χ4n) is 3.56. The second-order valence-electron chi connectivity index (χ2n) is 7.70. The molecular weight excluding hydrogens is 398 g/mol. The molecule has 0 saturated carbocycles. The van der Waals surface area contributed by atoms with Crippen molar-refractivity contribution in [2.45, 2.75) is 31.2 Å². The molecule has 0 aromatic heterocycles. The number of sulfone groups is 1. The Kier molecular flexibility index (Phi) is 7.24. The number of amides is 1. The molecule has 1 heterocycles. The van der Waals surface area contributed by atoms with Gasteiger partial charge in [-0.15, -0.1) is 0 Å². The SMILES string of the molecule is Cc1ccc(S(=O)(=O)CCC(=O)N2CCCN(Cc3ccc(C#N)cc3)CC2)cc1. The van der Waals surface area contributed by atoms with Gasteiger partial charge in [0.15, 0.2) is 9.84 Å². The molecule has 0 unspecified atom stereocenters. The molecule has 2 aromatic rings. The van der Waals surface area contributed by atoms with E-state index in [1.165, 1.54) is 0 Å². The van der Waals surface area contributed by atoms with Crippen LogP contribution in [0.2, 0.25) is 0 Å². The number of benzene rings is 2. The van der Waals surface area contributed by atoms with Crippen molar-refractivity contribution in [1.82, 2.24) is 9.80 Å². The maximum absolute atomic E-state index is 12.6. The van der Waals surface area contributed by atoms with Crippen LogP contribution in [-0.2, 0) is 21.2 Å². The number of aryl methyl sites for hydroxylation is 1. The van der Waals surface area contributed by atoms with Crippen molar-refractivity contribution >= 4 is 15.7 Å². The van der Waals surface area contributed by atoms with E-state index in [0.29, 0.717) is 18.7 Å². The molecule has 2 aromatic carbocycles. The number of nitriles is 1. The van der Waals surface area contributed by atoms with E-state index in [4.69, 9.17) is 5.26 Å². The van der Waals surface area contributed by atoms with Crippen molar-refractivity contribution in [3.05, 3.63) is 65.2 Å². The Bertz CT molecular complexity index is 1010. The zero-order valence-electron chi connectivity index (χ0n) is 17.3. The number of carbonyl (C=O) groups excluding carboxylic acids is 1. The maximum atomic E-state index is 12.6. The van der Waals surface area contributed by atoms with Gasteiger partial charge >= 0.3 is 0 Å². The molecule has 1 fully saturated rings. The van der Waals surface area contributed by atoms with Crippen molar-refractivity contribution in [1.29, 1.82) is 5.26 Å². The zero-order valence-corrected chi connectivity index (χ0v) is 18.1. The van der Waals surface area contributed by atoms with E-state index in [9.17, 15) is 13.2 Å². The second kappa shape index (κ2) is 9.88. The lowest BCUT2D eigenvalue weighted by Gasteiger charge is -2.22. The van der Waals surface area contributed by atoms with Crippen LogP contribution in [0.25, 0.3) is 0 Å². The van der Waals surface area contributed by atoms with Crippen LogP contribution in [0, 0.1) is 18.3 Å². The first-order valence-corrected chi connectivity index (χ1v) is 11.8. The van der Waals surface area contributed by atoms with Gasteiger partial charge < -0.3 is 4.90 Å². The Morgan fingerprint density at radius 3 is 2.37 bits per heavy atom. The van der Waals surface area contributed by atoms with Gasteiger partial charge in [0.25, 0.3) is 0 Å². The minimum absolute atomic E-state index is 0.00579. The topological polar surface area (TPSA) is 81.5 Å². The molecule has 1 amide bonds. The van der Waals surface area contributed by atoms with Crippen LogP contribution in [0.4, 0.5) is 0 Å². The smallest absolute Gasteiger partial charge is 0.223 e. The first-order valence-electron chi connectivity index (χ1n) is 10.2. The van der Waals surface area contributed by atoms with Gasteiger partial charge in [-0.25, -0.2) is 8.42 Å². The molecule has 0 spiro atoms. The van der Waals surface area contributed by atoms with Gasteiger partial charge in [0.1, 0.15) is 0 Å². The molecule has 0 N–H and O–H groups in total. The summed E-state index contributed by atoms with van der Waals surface area (Å²) < 4.78 is 25.0. The molecule has 158 valence electrons. The predicted octanol–water partition coefficient (Wildman–Crippen LogP) is 2.77. The first-order chi connectivity index (χ1) is 14.4. The van der Waals surface area contributed by atoms with Crippen LogP contribution in [-0.4, -0.2) is 56.1 Å².